The highest BCUT2D eigenvalue weighted by Gasteiger charge is 2.38. The van der Waals surface area contributed by atoms with E-state index in [0.29, 0.717) is 0 Å². The molecule has 3 N–H and O–H groups in total. The van der Waals surface area contributed by atoms with E-state index in [9.17, 15) is 5.11 Å². The fraction of sp³-hybridized carbons (Fsp3) is 0.455. The average Bonchev–Trinajstić information content (AvgIpc) is 2.84. The molecule has 0 amide bonds. The lowest BCUT2D eigenvalue weighted by Gasteiger charge is -2.12. The van der Waals surface area contributed by atoms with Gasteiger partial charge in [-0.3, -0.25) is 0 Å². The highest BCUT2D eigenvalue weighted by Crippen LogP contribution is 2.38. The van der Waals surface area contributed by atoms with E-state index >= 15 is 0 Å². The number of aromatic hydroxyl groups is 1. The summed E-state index contributed by atoms with van der Waals surface area (Å²) in [6, 6.07) is 5.13. The van der Waals surface area contributed by atoms with Crippen molar-refractivity contribution in [3.63, 3.8) is 0 Å². The molecule has 3 heteroatoms. The Labute approximate surface area is 83.5 Å². The van der Waals surface area contributed by atoms with Crippen LogP contribution in [0.15, 0.2) is 18.2 Å². The van der Waals surface area contributed by atoms with Gasteiger partial charge in [-0.1, -0.05) is 0 Å². The number of hydrogen-bond donors (Lipinski definition) is 2. The predicted molar refractivity (Wildman–Crippen MR) is 54.5 cm³/mol. The minimum Gasteiger partial charge on any atom is -0.508 e. The SMILES string of the molecule is COc1ccc(O)cc1CC1(N)CC1. The van der Waals surface area contributed by atoms with Crippen LogP contribution in [0.4, 0.5) is 0 Å². The second-order valence-corrected chi connectivity index (χ2v) is 4.04. The molecule has 1 aromatic carbocycles. The molecule has 0 aromatic heterocycles. The molecule has 76 valence electrons. The Bertz CT molecular complexity index is 345. The lowest BCUT2D eigenvalue weighted by Crippen LogP contribution is -2.24. The molecule has 0 saturated heterocycles. The molecular formula is C11H15NO2. The summed E-state index contributed by atoms with van der Waals surface area (Å²) in [7, 11) is 1.63. The van der Waals surface area contributed by atoms with Crippen LogP contribution in [0.1, 0.15) is 18.4 Å². The van der Waals surface area contributed by atoms with E-state index in [4.69, 9.17) is 10.5 Å². The normalized spacial score (nSPS) is 17.9. The van der Waals surface area contributed by atoms with Crippen LogP contribution >= 0.6 is 0 Å². The Balaban J connectivity index is 2.25. The first-order chi connectivity index (χ1) is 6.63. The summed E-state index contributed by atoms with van der Waals surface area (Å²) in [6.45, 7) is 0. The Morgan fingerprint density at radius 1 is 1.50 bits per heavy atom. The van der Waals surface area contributed by atoms with Crippen LogP contribution in [0.25, 0.3) is 0 Å². The lowest BCUT2D eigenvalue weighted by atomic mass is 10.0. The summed E-state index contributed by atoms with van der Waals surface area (Å²) in [5, 5.41) is 9.35. The molecule has 3 nitrogen and oxygen atoms in total. The van der Waals surface area contributed by atoms with Gasteiger partial charge in [0.25, 0.3) is 0 Å². The second kappa shape index (κ2) is 3.17. The standard InChI is InChI=1S/C11H15NO2/c1-14-10-3-2-9(13)6-8(10)7-11(12)4-5-11/h2-3,6,13H,4-5,7,12H2,1H3. The smallest absolute Gasteiger partial charge is 0.122 e. The molecule has 14 heavy (non-hydrogen) atoms. The molecule has 0 bridgehead atoms. The van der Waals surface area contributed by atoms with Crippen molar-refractivity contribution in [2.75, 3.05) is 7.11 Å². The van der Waals surface area contributed by atoms with Gasteiger partial charge < -0.3 is 15.6 Å². The van der Waals surface area contributed by atoms with Crippen molar-refractivity contribution in [2.24, 2.45) is 5.73 Å². The lowest BCUT2D eigenvalue weighted by molar-refractivity contribution is 0.404. The molecule has 2 rings (SSSR count). The first kappa shape index (κ1) is 9.34. The summed E-state index contributed by atoms with van der Waals surface area (Å²) in [4.78, 5) is 0. The van der Waals surface area contributed by atoms with Gasteiger partial charge in [-0.15, -0.1) is 0 Å². The summed E-state index contributed by atoms with van der Waals surface area (Å²) in [5.41, 5.74) is 6.95. The molecule has 0 unspecified atom stereocenters. The highest BCUT2D eigenvalue weighted by molar-refractivity contribution is 5.41. The van der Waals surface area contributed by atoms with Crippen molar-refractivity contribution in [2.45, 2.75) is 24.8 Å². The third kappa shape index (κ3) is 1.82. The van der Waals surface area contributed by atoms with Crippen molar-refractivity contribution in [1.29, 1.82) is 0 Å². The third-order valence-corrected chi connectivity index (χ3v) is 2.70. The van der Waals surface area contributed by atoms with Crippen LogP contribution in [0, 0.1) is 0 Å². The quantitative estimate of drug-likeness (QED) is 0.763. The number of methoxy groups -OCH3 is 1. The molecule has 0 radical (unpaired) electrons. The van der Waals surface area contributed by atoms with Gasteiger partial charge in [-0.25, -0.2) is 0 Å². The molecule has 1 fully saturated rings. The highest BCUT2D eigenvalue weighted by atomic mass is 16.5. The van der Waals surface area contributed by atoms with Gasteiger partial charge in [0, 0.05) is 5.54 Å². The van der Waals surface area contributed by atoms with Gasteiger partial charge >= 0.3 is 0 Å². The van der Waals surface area contributed by atoms with Gasteiger partial charge in [0.05, 0.1) is 7.11 Å². The summed E-state index contributed by atoms with van der Waals surface area (Å²) in [5.74, 6) is 1.07. The topological polar surface area (TPSA) is 55.5 Å². The van der Waals surface area contributed by atoms with Crippen LogP contribution in [0.5, 0.6) is 11.5 Å². The summed E-state index contributed by atoms with van der Waals surface area (Å²) < 4.78 is 5.21. The Kier molecular flexibility index (Phi) is 2.11. The number of hydrogen-bond acceptors (Lipinski definition) is 3. The van der Waals surface area contributed by atoms with Crippen LogP contribution in [-0.2, 0) is 6.42 Å². The van der Waals surface area contributed by atoms with Crippen LogP contribution in [-0.4, -0.2) is 17.8 Å². The van der Waals surface area contributed by atoms with Gasteiger partial charge in [-0.05, 0) is 43.0 Å². The van der Waals surface area contributed by atoms with Crippen molar-refractivity contribution in [1.82, 2.24) is 0 Å². The third-order valence-electron chi connectivity index (χ3n) is 2.70. The molecule has 0 spiro atoms. The van der Waals surface area contributed by atoms with Crippen LogP contribution in [0.2, 0.25) is 0 Å². The van der Waals surface area contributed by atoms with E-state index in [0.717, 1.165) is 30.6 Å². The fourth-order valence-electron chi connectivity index (χ4n) is 1.62. The van der Waals surface area contributed by atoms with E-state index in [1.807, 2.05) is 0 Å². The maximum Gasteiger partial charge on any atom is 0.122 e. The first-order valence-electron chi connectivity index (χ1n) is 4.78. The molecule has 0 aliphatic heterocycles. The van der Waals surface area contributed by atoms with Gasteiger partial charge in [0.1, 0.15) is 11.5 Å². The van der Waals surface area contributed by atoms with E-state index in [1.165, 1.54) is 0 Å². The van der Waals surface area contributed by atoms with E-state index in [2.05, 4.69) is 0 Å². The molecule has 1 aliphatic rings. The molecule has 1 saturated carbocycles. The maximum atomic E-state index is 9.35. The van der Waals surface area contributed by atoms with E-state index in [1.54, 1.807) is 25.3 Å². The Morgan fingerprint density at radius 3 is 2.79 bits per heavy atom. The van der Waals surface area contributed by atoms with Gasteiger partial charge in [0.15, 0.2) is 0 Å². The minimum atomic E-state index is -0.0545. The van der Waals surface area contributed by atoms with E-state index < -0.39 is 0 Å². The number of phenolic OH excluding ortho intramolecular Hbond substituents is 1. The number of rotatable bonds is 3. The molecule has 1 aliphatic carbocycles. The zero-order valence-electron chi connectivity index (χ0n) is 8.29. The van der Waals surface area contributed by atoms with Crippen molar-refractivity contribution >= 4 is 0 Å². The first-order valence-corrected chi connectivity index (χ1v) is 4.78. The fourth-order valence-corrected chi connectivity index (χ4v) is 1.62. The van der Waals surface area contributed by atoms with Gasteiger partial charge in [-0.2, -0.15) is 0 Å². The zero-order chi connectivity index (χ0) is 10.2. The van der Waals surface area contributed by atoms with Crippen LogP contribution < -0.4 is 10.5 Å². The number of nitrogens with two attached hydrogens (primary N) is 1. The molecule has 1 aromatic rings. The number of phenols is 1. The second-order valence-electron chi connectivity index (χ2n) is 4.04. The average molecular weight is 193 g/mol. The largest absolute Gasteiger partial charge is 0.508 e. The minimum absolute atomic E-state index is 0.0545. The predicted octanol–water partition coefficient (Wildman–Crippen LogP) is 1.43. The van der Waals surface area contributed by atoms with Crippen molar-refractivity contribution in [3.05, 3.63) is 23.8 Å². The zero-order valence-corrected chi connectivity index (χ0v) is 8.29. The number of benzene rings is 1. The van der Waals surface area contributed by atoms with Crippen LogP contribution in [0.3, 0.4) is 0 Å². The maximum absolute atomic E-state index is 9.35. The van der Waals surface area contributed by atoms with Crippen molar-refractivity contribution in [3.8, 4) is 11.5 Å². The van der Waals surface area contributed by atoms with Crippen molar-refractivity contribution < 1.29 is 9.84 Å². The molecular weight excluding hydrogens is 178 g/mol. The summed E-state index contributed by atoms with van der Waals surface area (Å²) in [6.07, 6.45) is 2.90. The van der Waals surface area contributed by atoms with E-state index in [-0.39, 0.29) is 11.3 Å². The monoisotopic (exact) mass is 193 g/mol. The van der Waals surface area contributed by atoms with Gasteiger partial charge in [0.2, 0.25) is 0 Å². The Hall–Kier alpha value is -1.22. The summed E-state index contributed by atoms with van der Waals surface area (Å²) >= 11 is 0. The Morgan fingerprint density at radius 2 is 2.21 bits per heavy atom. The molecule has 0 heterocycles. The molecule has 0 atom stereocenters. The number of ether oxygens (including phenoxy) is 1.